The molecule has 98 valence electrons. The molecule has 0 saturated heterocycles. The predicted octanol–water partition coefficient (Wildman–Crippen LogP) is 2.39. The Balaban J connectivity index is 2.08. The van der Waals surface area contributed by atoms with Crippen molar-refractivity contribution < 1.29 is 9.53 Å². The number of nitrogens with one attached hydrogen (secondary N) is 1. The van der Waals surface area contributed by atoms with Crippen molar-refractivity contribution in [2.75, 3.05) is 13.7 Å². The third-order valence-electron chi connectivity index (χ3n) is 3.77. The minimum atomic E-state index is -0.197. The van der Waals surface area contributed by atoms with Gasteiger partial charge in [0, 0.05) is 12.6 Å². The number of hydrogen-bond acceptors (Lipinski definition) is 3. The van der Waals surface area contributed by atoms with Gasteiger partial charge < -0.3 is 10.1 Å². The van der Waals surface area contributed by atoms with Gasteiger partial charge in [-0.25, -0.2) is 0 Å². The van der Waals surface area contributed by atoms with Gasteiger partial charge in [-0.05, 0) is 30.9 Å². The van der Waals surface area contributed by atoms with Crippen LogP contribution >= 0.6 is 0 Å². The first kappa shape index (κ1) is 13.1. The quantitative estimate of drug-likeness (QED) is 0.812. The maximum atomic E-state index is 11.9. The van der Waals surface area contributed by atoms with E-state index in [1.165, 1.54) is 26.4 Å². The van der Waals surface area contributed by atoms with Gasteiger partial charge in [0.05, 0.1) is 13.0 Å². The molecule has 1 aliphatic carbocycles. The van der Waals surface area contributed by atoms with E-state index in [1.807, 2.05) is 31.2 Å². The zero-order valence-corrected chi connectivity index (χ0v) is 11.1. The molecule has 2 rings (SSSR count). The van der Waals surface area contributed by atoms with Crippen molar-refractivity contribution in [3.8, 4) is 0 Å². The molecule has 1 aliphatic rings. The van der Waals surface area contributed by atoms with Crippen molar-refractivity contribution in [2.24, 2.45) is 0 Å². The predicted molar refractivity (Wildman–Crippen MR) is 71.6 cm³/mol. The first-order valence-electron chi connectivity index (χ1n) is 6.59. The van der Waals surface area contributed by atoms with Crippen LogP contribution in [0, 0.1) is 6.92 Å². The van der Waals surface area contributed by atoms with Gasteiger partial charge in [-0.1, -0.05) is 30.7 Å². The number of carbonyl (C=O) groups excluding carboxylic acids is 1. The molecule has 3 heteroatoms. The molecule has 0 bridgehead atoms. The number of hydrogen-bond donors (Lipinski definition) is 1. The van der Waals surface area contributed by atoms with Gasteiger partial charge in [0.15, 0.2) is 0 Å². The molecular formula is C15H21NO2. The lowest BCUT2D eigenvalue weighted by atomic mass is 9.90. The molecular weight excluding hydrogens is 226 g/mol. The fourth-order valence-corrected chi connectivity index (χ4v) is 2.34. The van der Waals surface area contributed by atoms with E-state index in [-0.39, 0.29) is 11.9 Å². The van der Waals surface area contributed by atoms with Gasteiger partial charge in [-0.2, -0.15) is 0 Å². The number of benzene rings is 1. The highest BCUT2D eigenvalue weighted by Gasteiger charge is 2.25. The summed E-state index contributed by atoms with van der Waals surface area (Å²) >= 11 is 0. The third-order valence-corrected chi connectivity index (χ3v) is 3.77. The molecule has 0 amide bonds. The van der Waals surface area contributed by atoms with E-state index in [9.17, 15) is 4.79 Å². The summed E-state index contributed by atoms with van der Waals surface area (Å²) < 4.78 is 4.93. The summed E-state index contributed by atoms with van der Waals surface area (Å²) in [6.07, 6.45) is 3.74. The zero-order chi connectivity index (χ0) is 13.0. The van der Waals surface area contributed by atoms with Gasteiger partial charge in [-0.3, -0.25) is 4.79 Å². The van der Waals surface area contributed by atoms with Crippen molar-refractivity contribution in [2.45, 2.75) is 38.1 Å². The van der Waals surface area contributed by atoms with Crippen LogP contribution in [0.3, 0.4) is 0 Å². The van der Waals surface area contributed by atoms with Gasteiger partial charge >= 0.3 is 5.97 Å². The highest BCUT2D eigenvalue weighted by atomic mass is 16.5. The SMILES string of the molecule is COC(=O)C(CNC1CCC1)c1ccccc1C. The average Bonchev–Trinajstić information content (AvgIpc) is 2.33. The summed E-state index contributed by atoms with van der Waals surface area (Å²) in [5.74, 6) is -0.354. The number of ether oxygens (including phenoxy) is 1. The summed E-state index contributed by atoms with van der Waals surface area (Å²) in [4.78, 5) is 11.9. The molecule has 0 heterocycles. The molecule has 18 heavy (non-hydrogen) atoms. The van der Waals surface area contributed by atoms with Crippen LogP contribution in [0.15, 0.2) is 24.3 Å². The lowest BCUT2D eigenvalue weighted by Crippen LogP contribution is -2.39. The minimum absolute atomic E-state index is 0.156. The fraction of sp³-hybridized carbons (Fsp3) is 0.533. The van der Waals surface area contributed by atoms with E-state index in [0.717, 1.165) is 11.1 Å². The summed E-state index contributed by atoms with van der Waals surface area (Å²) in [6.45, 7) is 2.71. The van der Waals surface area contributed by atoms with Crippen molar-refractivity contribution >= 4 is 5.97 Å². The minimum Gasteiger partial charge on any atom is -0.469 e. The van der Waals surface area contributed by atoms with Crippen LogP contribution in [0.2, 0.25) is 0 Å². The van der Waals surface area contributed by atoms with Crippen molar-refractivity contribution in [3.05, 3.63) is 35.4 Å². The monoisotopic (exact) mass is 247 g/mol. The first-order chi connectivity index (χ1) is 8.72. The maximum Gasteiger partial charge on any atom is 0.314 e. The molecule has 1 unspecified atom stereocenters. The summed E-state index contributed by atoms with van der Waals surface area (Å²) in [6, 6.07) is 8.60. The lowest BCUT2D eigenvalue weighted by molar-refractivity contribution is -0.142. The summed E-state index contributed by atoms with van der Waals surface area (Å²) in [5.41, 5.74) is 2.21. The smallest absolute Gasteiger partial charge is 0.314 e. The summed E-state index contributed by atoms with van der Waals surface area (Å²) in [7, 11) is 1.46. The standard InChI is InChI=1S/C15H21NO2/c1-11-6-3-4-9-13(11)14(15(17)18-2)10-16-12-7-5-8-12/h3-4,6,9,12,14,16H,5,7-8,10H2,1-2H3. The van der Waals surface area contributed by atoms with Crippen LogP contribution < -0.4 is 5.32 Å². The Morgan fingerprint density at radius 1 is 1.44 bits per heavy atom. The van der Waals surface area contributed by atoms with Crippen LogP contribution in [0.25, 0.3) is 0 Å². The van der Waals surface area contributed by atoms with Crippen LogP contribution in [-0.2, 0) is 9.53 Å². The second-order valence-electron chi connectivity index (χ2n) is 4.97. The Bertz CT molecular complexity index is 413. The molecule has 1 fully saturated rings. The molecule has 1 atom stereocenters. The highest BCUT2D eigenvalue weighted by molar-refractivity contribution is 5.78. The maximum absolute atomic E-state index is 11.9. The van der Waals surface area contributed by atoms with Crippen LogP contribution in [0.1, 0.15) is 36.3 Å². The van der Waals surface area contributed by atoms with Crippen molar-refractivity contribution in [3.63, 3.8) is 0 Å². The molecule has 1 saturated carbocycles. The number of rotatable bonds is 5. The first-order valence-corrected chi connectivity index (χ1v) is 6.59. The van der Waals surface area contributed by atoms with E-state index in [0.29, 0.717) is 12.6 Å². The fourth-order valence-electron chi connectivity index (χ4n) is 2.34. The molecule has 1 aromatic rings. The molecule has 1 aromatic carbocycles. The lowest BCUT2D eigenvalue weighted by Gasteiger charge is -2.28. The van der Waals surface area contributed by atoms with Crippen molar-refractivity contribution in [1.82, 2.24) is 5.32 Å². The summed E-state index contributed by atoms with van der Waals surface area (Å²) in [5, 5.41) is 3.46. The average molecular weight is 247 g/mol. The number of methoxy groups -OCH3 is 1. The van der Waals surface area contributed by atoms with E-state index in [1.54, 1.807) is 0 Å². The molecule has 3 nitrogen and oxygen atoms in total. The second kappa shape index (κ2) is 6.01. The van der Waals surface area contributed by atoms with E-state index in [2.05, 4.69) is 5.32 Å². The Kier molecular flexibility index (Phi) is 4.37. The molecule has 0 aromatic heterocycles. The Morgan fingerprint density at radius 3 is 2.72 bits per heavy atom. The van der Waals surface area contributed by atoms with E-state index < -0.39 is 0 Å². The molecule has 0 aliphatic heterocycles. The number of aryl methyl sites for hydroxylation is 1. The highest BCUT2D eigenvalue weighted by Crippen LogP contribution is 2.23. The van der Waals surface area contributed by atoms with Gasteiger partial charge in [0.1, 0.15) is 0 Å². The second-order valence-corrected chi connectivity index (χ2v) is 4.97. The van der Waals surface area contributed by atoms with Gasteiger partial charge in [0.2, 0.25) is 0 Å². The Hall–Kier alpha value is -1.35. The normalized spacial score (nSPS) is 17.0. The zero-order valence-electron chi connectivity index (χ0n) is 11.1. The largest absolute Gasteiger partial charge is 0.469 e. The van der Waals surface area contributed by atoms with Crippen LogP contribution in [0.4, 0.5) is 0 Å². The van der Waals surface area contributed by atoms with E-state index in [4.69, 9.17) is 4.74 Å². The third kappa shape index (κ3) is 2.91. The topological polar surface area (TPSA) is 38.3 Å². The molecule has 1 N–H and O–H groups in total. The van der Waals surface area contributed by atoms with E-state index >= 15 is 0 Å². The molecule has 0 spiro atoms. The molecule has 0 radical (unpaired) electrons. The van der Waals surface area contributed by atoms with Gasteiger partial charge in [-0.15, -0.1) is 0 Å². The number of esters is 1. The van der Waals surface area contributed by atoms with Gasteiger partial charge in [0.25, 0.3) is 0 Å². The van der Waals surface area contributed by atoms with Crippen molar-refractivity contribution in [1.29, 1.82) is 0 Å². The van der Waals surface area contributed by atoms with Crippen LogP contribution in [0.5, 0.6) is 0 Å². The Morgan fingerprint density at radius 2 is 2.17 bits per heavy atom. The van der Waals surface area contributed by atoms with Crippen LogP contribution in [-0.4, -0.2) is 25.7 Å². The Labute approximate surface area is 109 Å². The number of carbonyl (C=O) groups is 1.